The molecule has 0 rings (SSSR count). The van der Waals surface area contributed by atoms with E-state index in [4.69, 9.17) is 4.84 Å². The van der Waals surface area contributed by atoms with Gasteiger partial charge in [-0.3, -0.25) is 0 Å². The summed E-state index contributed by atoms with van der Waals surface area (Å²) in [5.74, 6) is 0. The van der Waals surface area contributed by atoms with Gasteiger partial charge in [0.1, 0.15) is 6.61 Å². The Morgan fingerprint density at radius 2 is 1.92 bits per heavy atom. The zero-order valence-corrected chi connectivity index (χ0v) is 8.06. The van der Waals surface area contributed by atoms with E-state index in [-0.39, 0.29) is 5.34 Å². The molecule has 12 heavy (non-hydrogen) atoms. The Labute approximate surface area is 74.4 Å². The second kappa shape index (κ2) is 8.93. The van der Waals surface area contributed by atoms with Crippen molar-refractivity contribution in [3.8, 4) is 0 Å². The molecule has 2 N–H and O–H groups in total. The predicted octanol–water partition coefficient (Wildman–Crippen LogP) is 0.405. The molecule has 0 radical (unpaired) electrons. The van der Waals surface area contributed by atoms with Crippen LogP contribution >= 0.6 is 0 Å². The second-order valence-electron chi connectivity index (χ2n) is 2.77. The van der Waals surface area contributed by atoms with Crippen LogP contribution in [0.5, 0.6) is 0 Å². The first-order valence-electron chi connectivity index (χ1n) is 4.71. The number of rotatable bonds is 8. The van der Waals surface area contributed by atoms with Crippen LogP contribution in [-0.4, -0.2) is 13.2 Å². The van der Waals surface area contributed by atoms with Crippen LogP contribution in [0.3, 0.4) is 0 Å². The van der Waals surface area contributed by atoms with Gasteiger partial charge >= 0.3 is 0 Å². The fraction of sp³-hybridized carbons (Fsp3) is 1.00. The molecule has 0 fully saturated rings. The van der Waals surface area contributed by atoms with Gasteiger partial charge in [0.15, 0.2) is 0 Å². The highest BCUT2D eigenvalue weighted by Gasteiger charge is 1.95. The van der Waals surface area contributed by atoms with E-state index in [1.165, 1.54) is 0 Å². The average molecular weight is 176 g/mol. The summed E-state index contributed by atoms with van der Waals surface area (Å²) in [5, 5.41) is 10.6. The number of unbranched alkanes of at least 4 members (excludes halogenated alkanes) is 2. The van der Waals surface area contributed by atoms with Gasteiger partial charge in [-0.1, -0.05) is 26.7 Å². The molecule has 4 nitrogen and oxygen atoms in total. The summed E-state index contributed by atoms with van der Waals surface area (Å²) in [6.07, 6.45) is 4.11. The molecule has 1 atom stereocenters. The quantitative estimate of drug-likeness (QED) is 0.416. The zero-order chi connectivity index (χ0) is 9.23. The van der Waals surface area contributed by atoms with Crippen LogP contribution in [0.4, 0.5) is 0 Å². The molecule has 0 aromatic heterocycles. The highest BCUT2D eigenvalue weighted by atomic mass is 16.9. The van der Waals surface area contributed by atoms with E-state index in [1.807, 2.05) is 0 Å². The summed E-state index contributed by atoms with van der Waals surface area (Å²) in [5.41, 5.74) is 2.68. The van der Waals surface area contributed by atoms with Crippen molar-refractivity contribution in [1.29, 1.82) is 0 Å². The van der Waals surface area contributed by atoms with Crippen molar-refractivity contribution in [1.82, 2.24) is 5.43 Å². The van der Waals surface area contributed by atoms with Crippen molar-refractivity contribution in [2.75, 3.05) is 13.2 Å². The lowest BCUT2D eigenvalue weighted by molar-refractivity contribution is -1.09. The van der Waals surface area contributed by atoms with Crippen LogP contribution in [0, 0.1) is 5.21 Å². The van der Waals surface area contributed by atoms with Crippen molar-refractivity contribution in [3.05, 3.63) is 5.21 Å². The summed E-state index contributed by atoms with van der Waals surface area (Å²) < 4.78 is 0. The summed E-state index contributed by atoms with van der Waals surface area (Å²) in [6.45, 7) is 5.42. The summed E-state index contributed by atoms with van der Waals surface area (Å²) in [7, 11) is 0. The van der Waals surface area contributed by atoms with Crippen molar-refractivity contribution >= 4 is 0 Å². The molecular formula is C8H20N2O2. The molecule has 0 aliphatic carbocycles. The van der Waals surface area contributed by atoms with Crippen molar-refractivity contribution in [2.45, 2.75) is 39.5 Å². The summed E-state index contributed by atoms with van der Waals surface area (Å²) in [6, 6.07) is 0. The van der Waals surface area contributed by atoms with Crippen molar-refractivity contribution in [2.24, 2.45) is 0 Å². The van der Waals surface area contributed by atoms with E-state index >= 15 is 0 Å². The predicted molar refractivity (Wildman–Crippen MR) is 48.1 cm³/mol. The molecule has 0 amide bonds. The molecule has 0 aromatic carbocycles. The highest BCUT2D eigenvalue weighted by molar-refractivity contribution is 4.32. The third-order valence-corrected chi connectivity index (χ3v) is 1.53. The lowest BCUT2D eigenvalue weighted by Crippen LogP contribution is -3.13. The number of hydrogen-bond acceptors (Lipinski definition) is 3. The van der Waals surface area contributed by atoms with E-state index in [1.54, 1.807) is 0 Å². The smallest absolute Gasteiger partial charge is 0.109 e. The van der Waals surface area contributed by atoms with Gasteiger partial charge < -0.3 is 5.21 Å². The molecule has 4 heteroatoms. The normalized spacial score (nSPS) is 13.2. The van der Waals surface area contributed by atoms with Gasteiger partial charge in [-0.25, -0.2) is 0 Å². The van der Waals surface area contributed by atoms with Gasteiger partial charge in [-0.2, -0.15) is 4.84 Å². The number of nitrogens with one attached hydrogen (secondary N) is 2. The standard InChI is InChI=1S/C8H20N2O2/c1-3-5-7-9-10(11)12-8-6-4-2/h9-10H,3-8H2,1-2H3. The maximum atomic E-state index is 10.9. The van der Waals surface area contributed by atoms with Crippen LogP contribution in [0.2, 0.25) is 0 Å². The van der Waals surface area contributed by atoms with Crippen LogP contribution in [0.1, 0.15) is 39.5 Å². The highest BCUT2D eigenvalue weighted by Crippen LogP contribution is 1.83. The van der Waals surface area contributed by atoms with Gasteiger partial charge in [0.2, 0.25) is 0 Å². The van der Waals surface area contributed by atoms with Crippen molar-refractivity contribution in [3.63, 3.8) is 0 Å². The Balaban J connectivity index is 3.04. The molecule has 0 saturated carbocycles. The summed E-state index contributed by atoms with van der Waals surface area (Å²) >= 11 is 0. The molecule has 0 heterocycles. The maximum Gasteiger partial charge on any atom is 0.109 e. The fourth-order valence-electron chi connectivity index (χ4n) is 0.727. The van der Waals surface area contributed by atoms with E-state index in [0.717, 1.165) is 32.2 Å². The Kier molecular flexibility index (Phi) is 8.81. The van der Waals surface area contributed by atoms with Crippen LogP contribution < -0.4 is 10.8 Å². The topological polar surface area (TPSA) is 48.8 Å². The first kappa shape index (κ1) is 11.8. The molecule has 1 unspecified atom stereocenters. The Morgan fingerprint density at radius 3 is 2.50 bits per heavy atom. The van der Waals surface area contributed by atoms with E-state index in [0.29, 0.717) is 6.61 Å². The third-order valence-electron chi connectivity index (χ3n) is 1.53. The minimum absolute atomic E-state index is 0.281. The first-order valence-corrected chi connectivity index (χ1v) is 4.71. The van der Waals surface area contributed by atoms with Gasteiger partial charge in [0, 0.05) is 6.54 Å². The van der Waals surface area contributed by atoms with Gasteiger partial charge in [0.05, 0.1) is 0 Å². The SMILES string of the molecule is CCCCN[NH+]([O-])OCCCC. The zero-order valence-electron chi connectivity index (χ0n) is 8.06. The van der Waals surface area contributed by atoms with E-state index in [9.17, 15) is 5.21 Å². The van der Waals surface area contributed by atoms with Gasteiger partial charge in [-0.05, 0) is 12.8 Å². The maximum absolute atomic E-state index is 10.9. The fourth-order valence-corrected chi connectivity index (χ4v) is 0.727. The molecule has 0 aliphatic heterocycles. The Bertz CT molecular complexity index is 81.1. The third kappa shape index (κ3) is 7.94. The molecule has 0 saturated heterocycles. The van der Waals surface area contributed by atoms with Gasteiger partial charge in [0.25, 0.3) is 0 Å². The summed E-state index contributed by atoms with van der Waals surface area (Å²) in [4.78, 5) is 4.88. The lowest BCUT2D eigenvalue weighted by Gasteiger charge is -2.19. The molecular weight excluding hydrogens is 156 g/mol. The minimum atomic E-state index is -0.281. The lowest BCUT2D eigenvalue weighted by atomic mass is 10.3. The molecule has 0 bridgehead atoms. The monoisotopic (exact) mass is 176 g/mol. The van der Waals surface area contributed by atoms with Crippen LogP contribution in [0.25, 0.3) is 0 Å². The van der Waals surface area contributed by atoms with Crippen LogP contribution in [0.15, 0.2) is 0 Å². The molecule has 0 aromatic rings. The van der Waals surface area contributed by atoms with Crippen molar-refractivity contribution < 1.29 is 10.2 Å². The molecule has 74 valence electrons. The first-order chi connectivity index (χ1) is 5.81. The van der Waals surface area contributed by atoms with Crippen LogP contribution in [-0.2, 0) is 4.84 Å². The van der Waals surface area contributed by atoms with E-state index in [2.05, 4.69) is 19.3 Å². The average Bonchev–Trinajstić information content (AvgIpc) is 2.06. The second-order valence-corrected chi connectivity index (χ2v) is 2.77. The molecule has 0 aliphatic rings. The molecule has 0 spiro atoms. The van der Waals surface area contributed by atoms with E-state index < -0.39 is 0 Å². The number of quaternary nitrogens is 1. The Hall–Kier alpha value is -0.160. The largest absolute Gasteiger partial charge is 0.579 e. The number of hydrogen-bond donors (Lipinski definition) is 2. The van der Waals surface area contributed by atoms with Gasteiger partial charge in [-0.15, -0.1) is 10.8 Å². The Morgan fingerprint density at radius 1 is 1.25 bits per heavy atom. The minimum Gasteiger partial charge on any atom is -0.579 e.